The van der Waals surface area contributed by atoms with E-state index in [0.717, 1.165) is 66.9 Å². The van der Waals surface area contributed by atoms with Crippen molar-refractivity contribution in [2.45, 2.75) is 37.8 Å². The van der Waals surface area contributed by atoms with Crippen molar-refractivity contribution in [1.82, 2.24) is 15.3 Å². The monoisotopic (exact) mass is 479 g/mol. The number of rotatable bonds is 6. The van der Waals surface area contributed by atoms with Crippen LogP contribution >= 0.6 is 0 Å². The van der Waals surface area contributed by atoms with E-state index in [-0.39, 0.29) is 17.7 Å². The highest BCUT2D eigenvalue weighted by molar-refractivity contribution is 5.95. The van der Waals surface area contributed by atoms with Gasteiger partial charge in [0.25, 0.3) is 5.91 Å². The summed E-state index contributed by atoms with van der Waals surface area (Å²) in [5.74, 6) is -0.193. The van der Waals surface area contributed by atoms with Crippen LogP contribution in [0.15, 0.2) is 42.7 Å². The Labute approximate surface area is 203 Å². The van der Waals surface area contributed by atoms with Gasteiger partial charge in [-0.25, -0.2) is 9.37 Å². The van der Waals surface area contributed by atoms with Gasteiger partial charge in [-0.1, -0.05) is 0 Å². The minimum Gasteiger partial charge on any atom is -0.488 e. The second-order valence-electron chi connectivity index (χ2n) is 8.98. The van der Waals surface area contributed by atoms with E-state index in [1.165, 1.54) is 13.1 Å². The third-order valence-electron chi connectivity index (χ3n) is 6.68. The van der Waals surface area contributed by atoms with E-state index < -0.39 is 11.7 Å². The maximum absolute atomic E-state index is 14.0. The first kappa shape index (κ1) is 23.3. The van der Waals surface area contributed by atoms with Crippen molar-refractivity contribution >= 4 is 28.3 Å². The van der Waals surface area contributed by atoms with Crippen LogP contribution in [-0.4, -0.2) is 61.4 Å². The average Bonchev–Trinajstić information content (AvgIpc) is 2.91. The molecule has 35 heavy (non-hydrogen) atoms. The van der Waals surface area contributed by atoms with Gasteiger partial charge in [-0.2, -0.15) is 0 Å². The molecule has 0 unspecified atom stereocenters. The van der Waals surface area contributed by atoms with Crippen molar-refractivity contribution in [3.63, 3.8) is 0 Å². The second kappa shape index (κ2) is 10.4. The Morgan fingerprint density at radius 3 is 2.63 bits per heavy atom. The highest BCUT2D eigenvalue weighted by atomic mass is 19.1. The van der Waals surface area contributed by atoms with Crippen LogP contribution in [0, 0.1) is 5.82 Å². The molecule has 0 bridgehead atoms. The smallest absolute Gasteiger partial charge is 0.254 e. The second-order valence-corrected chi connectivity index (χ2v) is 8.98. The van der Waals surface area contributed by atoms with E-state index in [0.29, 0.717) is 13.2 Å². The lowest BCUT2D eigenvalue weighted by Crippen LogP contribution is -2.36. The van der Waals surface area contributed by atoms with E-state index in [4.69, 9.17) is 9.47 Å². The first-order valence-electron chi connectivity index (χ1n) is 12.1. The summed E-state index contributed by atoms with van der Waals surface area (Å²) in [5.41, 5.74) is 3.47. The van der Waals surface area contributed by atoms with Gasteiger partial charge in [0.05, 0.1) is 30.4 Å². The molecule has 2 N–H and O–H groups in total. The van der Waals surface area contributed by atoms with Crippen LogP contribution in [0.4, 0.5) is 15.8 Å². The summed E-state index contributed by atoms with van der Waals surface area (Å²) in [6.07, 6.45) is 7.05. The van der Waals surface area contributed by atoms with E-state index >= 15 is 0 Å². The predicted molar refractivity (Wildman–Crippen MR) is 133 cm³/mol. The van der Waals surface area contributed by atoms with Crippen molar-refractivity contribution in [3.8, 4) is 5.75 Å². The fraction of sp³-hybridized carbons (Fsp3) is 0.423. The van der Waals surface area contributed by atoms with E-state index in [1.54, 1.807) is 24.5 Å². The molecule has 2 aromatic carbocycles. The maximum Gasteiger partial charge on any atom is 0.254 e. The van der Waals surface area contributed by atoms with E-state index in [9.17, 15) is 9.18 Å². The molecule has 2 aliphatic rings. The van der Waals surface area contributed by atoms with Crippen LogP contribution in [0.3, 0.4) is 0 Å². The third kappa shape index (κ3) is 5.30. The molecule has 0 atom stereocenters. The zero-order chi connectivity index (χ0) is 24.2. The number of morpholine rings is 1. The molecular weight excluding hydrogens is 449 g/mol. The van der Waals surface area contributed by atoms with Gasteiger partial charge in [-0.3, -0.25) is 9.78 Å². The number of amides is 1. The van der Waals surface area contributed by atoms with Gasteiger partial charge in [0.1, 0.15) is 17.1 Å². The lowest BCUT2D eigenvalue weighted by Gasteiger charge is -2.32. The average molecular weight is 480 g/mol. The molecule has 5 rings (SSSR count). The summed E-state index contributed by atoms with van der Waals surface area (Å²) in [6, 6.07) is 8.94. The summed E-state index contributed by atoms with van der Waals surface area (Å²) in [6.45, 7) is 3.11. The summed E-state index contributed by atoms with van der Waals surface area (Å²) in [5, 5.41) is 5.93. The van der Waals surface area contributed by atoms with Gasteiger partial charge in [-0.05, 0) is 49.9 Å². The van der Waals surface area contributed by atoms with Crippen molar-refractivity contribution in [3.05, 3.63) is 54.1 Å². The number of halogens is 1. The number of ether oxygens (including phenoxy) is 2. The van der Waals surface area contributed by atoms with Crippen LogP contribution in [0.1, 0.15) is 36.0 Å². The fourth-order valence-corrected chi connectivity index (χ4v) is 4.79. The zero-order valence-electron chi connectivity index (χ0n) is 19.8. The minimum absolute atomic E-state index is 0.0441. The van der Waals surface area contributed by atoms with Crippen molar-refractivity contribution in [2.24, 2.45) is 0 Å². The summed E-state index contributed by atoms with van der Waals surface area (Å²) in [4.78, 5) is 23.2. The topological polar surface area (TPSA) is 88.6 Å². The van der Waals surface area contributed by atoms with Gasteiger partial charge in [0.15, 0.2) is 0 Å². The Hall–Kier alpha value is -3.46. The number of fused-ring (bicyclic) bond motifs is 1. The van der Waals surface area contributed by atoms with Gasteiger partial charge in [-0.15, -0.1) is 0 Å². The summed E-state index contributed by atoms with van der Waals surface area (Å²) < 4.78 is 26.0. The van der Waals surface area contributed by atoms with Gasteiger partial charge in [0.2, 0.25) is 0 Å². The third-order valence-corrected chi connectivity index (χ3v) is 6.68. The number of hydrogen-bond acceptors (Lipinski definition) is 7. The maximum atomic E-state index is 14.0. The summed E-state index contributed by atoms with van der Waals surface area (Å²) in [7, 11) is 1.49. The number of nitrogens with one attached hydrogen (secondary N) is 2. The number of hydrogen-bond donors (Lipinski definition) is 2. The minimum atomic E-state index is -0.526. The van der Waals surface area contributed by atoms with E-state index in [2.05, 4.69) is 37.6 Å². The predicted octanol–water partition coefficient (Wildman–Crippen LogP) is 3.77. The number of carbonyl (C=O) groups excluding carboxylic acids is 1. The molecule has 1 aliphatic carbocycles. The number of anilines is 2. The number of benzene rings is 2. The highest BCUT2D eigenvalue weighted by Gasteiger charge is 2.24. The molecule has 0 radical (unpaired) electrons. The molecular formula is C26H30FN5O3. The van der Waals surface area contributed by atoms with Crippen molar-refractivity contribution < 1.29 is 18.7 Å². The molecule has 0 spiro atoms. The summed E-state index contributed by atoms with van der Waals surface area (Å²) >= 11 is 0. The molecule has 1 saturated heterocycles. The molecule has 2 heterocycles. The molecule has 1 aliphatic heterocycles. The van der Waals surface area contributed by atoms with Crippen LogP contribution in [0.25, 0.3) is 11.0 Å². The van der Waals surface area contributed by atoms with Crippen LogP contribution in [0.2, 0.25) is 0 Å². The van der Waals surface area contributed by atoms with Gasteiger partial charge >= 0.3 is 0 Å². The zero-order valence-corrected chi connectivity index (χ0v) is 19.8. The largest absolute Gasteiger partial charge is 0.488 e. The Bertz CT molecular complexity index is 1190. The van der Waals surface area contributed by atoms with Crippen molar-refractivity contribution in [2.75, 3.05) is 43.6 Å². The number of nitrogens with zero attached hydrogens (tertiary/aromatic N) is 3. The van der Waals surface area contributed by atoms with Crippen LogP contribution in [0.5, 0.6) is 5.75 Å². The SMILES string of the molecule is CNC(=O)c1cc(NC2CCC(Oc3cc(N4CCOCC4)cc4nccnc34)CC2)ccc1F. The molecule has 8 nitrogen and oxygen atoms in total. The molecule has 1 saturated carbocycles. The standard InChI is InChI=1S/C26H30FN5O3/c1-28-26(33)21-14-18(4-7-22(21)27)31-17-2-5-20(6-3-17)35-24-16-19(32-10-12-34-13-11-32)15-23-25(24)30-9-8-29-23/h4,7-9,14-17,20,31H,2-3,5-6,10-13H2,1H3,(H,28,33). The van der Waals surface area contributed by atoms with Gasteiger partial charge in [0, 0.05) is 56.0 Å². The van der Waals surface area contributed by atoms with Crippen LogP contribution in [-0.2, 0) is 4.74 Å². The highest BCUT2D eigenvalue weighted by Crippen LogP contribution is 2.33. The Kier molecular flexibility index (Phi) is 6.94. The Morgan fingerprint density at radius 2 is 1.86 bits per heavy atom. The Balaban J connectivity index is 1.25. The lowest BCUT2D eigenvalue weighted by molar-refractivity contribution is 0.0959. The molecule has 184 valence electrons. The first-order valence-corrected chi connectivity index (χ1v) is 12.1. The van der Waals surface area contributed by atoms with Crippen molar-refractivity contribution in [1.29, 1.82) is 0 Å². The molecule has 9 heteroatoms. The normalized spacial score (nSPS) is 20.5. The number of aromatic nitrogens is 2. The quantitative estimate of drug-likeness (QED) is 0.556. The molecule has 1 amide bonds. The molecule has 3 aromatic rings. The van der Waals surface area contributed by atoms with Gasteiger partial charge < -0.3 is 25.0 Å². The lowest BCUT2D eigenvalue weighted by atomic mass is 9.92. The molecule has 2 fully saturated rings. The first-order chi connectivity index (χ1) is 17.1. The number of carbonyl (C=O) groups is 1. The van der Waals surface area contributed by atoms with E-state index in [1.807, 2.05) is 0 Å². The molecule has 1 aromatic heterocycles. The van der Waals surface area contributed by atoms with Crippen LogP contribution < -0.4 is 20.3 Å². The Morgan fingerprint density at radius 1 is 1.09 bits per heavy atom. The fourth-order valence-electron chi connectivity index (χ4n) is 4.79.